The molecule has 0 aliphatic carbocycles. The number of thiocarbonyl (C=S) groups is 1. The van der Waals surface area contributed by atoms with Crippen molar-refractivity contribution < 1.29 is 9.53 Å². The standard InChI is InChI=1S/C28H39N5O2S/c1-23-10-3-4-11-25(23)21-32-28(36)31-15-9-12-26(34)29-14-5-8-19-35-27-20-24(13-16-30-27)22-33-17-6-2-7-18-33/h3-5,8,10-11,13,16,20H,2,6-7,9,12,14-15,17-19,21-22H2,1H3,(H,29,34)(H2,31,32,36)/b8-5-. The van der Waals surface area contributed by atoms with Crippen LogP contribution in [-0.4, -0.2) is 53.7 Å². The molecule has 8 heteroatoms. The molecule has 7 nitrogen and oxygen atoms in total. The number of aromatic nitrogens is 1. The summed E-state index contributed by atoms with van der Waals surface area (Å²) in [7, 11) is 0. The van der Waals surface area contributed by atoms with Crippen molar-refractivity contribution in [2.75, 3.05) is 32.8 Å². The molecule has 2 aromatic rings. The first-order chi connectivity index (χ1) is 17.6. The van der Waals surface area contributed by atoms with E-state index in [-0.39, 0.29) is 5.91 Å². The maximum atomic E-state index is 12.0. The number of benzene rings is 1. The number of amides is 1. The molecule has 1 aromatic heterocycles. The molecule has 0 bridgehead atoms. The van der Waals surface area contributed by atoms with E-state index in [0.29, 0.717) is 50.1 Å². The van der Waals surface area contributed by atoms with E-state index in [1.807, 2.05) is 30.4 Å². The Morgan fingerprint density at radius 2 is 1.94 bits per heavy atom. The number of carbonyl (C=O) groups excluding carboxylic acids is 1. The van der Waals surface area contributed by atoms with Gasteiger partial charge in [0.25, 0.3) is 0 Å². The minimum Gasteiger partial charge on any atom is -0.473 e. The van der Waals surface area contributed by atoms with Crippen molar-refractivity contribution in [1.82, 2.24) is 25.8 Å². The van der Waals surface area contributed by atoms with Crippen LogP contribution < -0.4 is 20.7 Å². The third-order valence-electron chi connectivity index (χ3n) is 6.13. The highest BCUT2D eigenvalue weighted by Gasteiger charge is 2.10. The van der Waals surface area contributed by atoms with Crippen LogP contribution in [-0.2, 0) is 17.9 Å². The van der Waals surface area contributed by atoms with Gasteiger partial charge in [-0.05, 0) is 80.3 Å². The highest BCUT2D eigenvalue weighted by atomic mass is 32.1. The van der Waals surface area contributed by atoms with Crippen molar-refractivity contribution in [3.05, 3.63) is 71.4 Å². The summed E-state index contributed by atoms with van der Waals surface area (Å²) in [5.41, 5.74) is 3.69. The molecule has 1 saturated heterocycles. The monoisotopic (exact) mass is 509 g/mol. The summed E-state index contributed by atoms with van der Waals surface area (Å²) in [6.07, 6.45) is 10.7. The zero-order valence-corrected chi connectivity index (χ0v) is 22.1. The molecule has 0 unspecified atom stereocenters. The first kappa shape index (κ1) is 27.6. The third kappa shape index (κ3) is 10.7. The maximum absolute atomic E-state index is 12.0. The summed E-state index contributed by atoms with van der Waals surface area (Å²) < 4.78 is 5.74. The zero-order chi connectivity index (χ0) is 25.4. The highest BCUT2D eigenvalue weighted by molar-refractivity contribution is 7.80. The molecular weight excluding hydrogens is 470 g/mol. The van der Waals surface area contributed by atoms with E-state index in [4.69, 9.17) is 17.0 Å². The molecule has 3 N–H and O–H groups in total. The van der Waals surface area contributed by atoms with Crippen LogP contribution in [0.5, 0.6) is 5.88 Å². The average Bonchev–Trinajstić information content (AvgIpc) is 2.89. The fourth-order valence-electron chi connectivity index (χ4n) is 4.05. The molecular formula is C28H39N5O2S. The van der Waals surface area contributed by atoms with E-state index in [0.717, 1.165) is 6.54 Å². The largest absolute Gasteiger partial charge is 0.473 e. The lowest BCUT2D eigenvalue weighted by Gasteiger charge is -2.26. The molecule has 194 valence electrons. The molecule has 36 heavy (non-hydrogen) atoms. The van der Waals surface area contributed by atoms with Gasteiger partial charge in [0, 0.05) is 44.9 Å². The first-order valence-electron chi connectivity index (χ1n) is 12.9. The summed E-state index contributed by atoms with van der Waals surface area (Å²) in [6, 6.07) is 12.3. The fourth-order valence-corrected chi connectivity index (χ4v) is 4.22. The molecule has 1 amide bonds. The Balaban J connectivity index is 1.21. The SMILES string of the molecule is Cc1ccccc1CNC(=S)NCCCC(=O)NC/C=C\COc1cc(CN2CCCCC2)ccn1. The minimum absolute atomic E-state index is 0.0215. The van der Waals surface area contributed by atoms with Crippen LogP contribution in [0.4, 0.5) is 0 Å². The zero-order valence-electron chi connectivity index (χ0n) is 21.3. The van der Waals surface area contributed by atoms with Crippen LogP contribution in [0.3, 0.4) is 0 Å². The van der Waals surface area contributed by atoms with E-state index in [1.54, 1.807) is 6.20 Å². The van der Waals surface area contributed by atoms with Crippen molar-refractivity contribution in [1.29, 1.82) is 0 Å². The Morgan fingerprint density at radius 3 is 2.78 bits per heavy atom. The summed E-state index contributed by atoms with van der Waals surface area (Å²) in [5, 5.41) is 9.87. The van der Waals surface area contributed by atoms with E-state index in [1.165, 1.54) is 49.0 Å². The van der Waals surface area contributed by atoms with Crippen LogP contribution in [0.25, 0.3) is 0 Å². The number of nitrogens with one attached hydrogen (secondary N) is 3. The fraction of sp³-hybridized carbons (Fsp3) is 0.464. The summed E-state index contributed by atoms with van der Waals surface area (Å²) in [6.45, 7) is 7.62. The second kappa shape index (κ2) is 15.9. The molecule has 1 aliphatic heterocycles. The number of likely N-dealkylation sites (tertiary alicyclic amines) is 1. The van der Waals surface area contributed by atoms with Crippen LogP contribution in [0.2, 0.25) is 0 Å². The first-order valence-corrected chi connectivity index (χ1v) is 13.3. The number of hydrogen-bond donors (Lipinski definition) is 3. The van der Waals surface area contributed by atoms with Gasteiger partial charge in [0.15, 0.2) is 5.11 Å². The molecule has 1 aromatic carbocycles. The quantitative estimate of drug-likeness (QED) is 0.215. The van der Waals surface area contributed by atoms with Crippen molar-refractivity contribution >= 4 is 23.2 Å². The van der Waals surface area contributed by atoms with Gasteiger partial charge in [0.05, 0.1) is 0 Å². The molecule has 0 spiro atoms. The Morgan fingerprint density at radius 1 is 1.11 bits per heavy atom. The maximum Gasteiger partial charge on any atom is 0.220 e. The Bertz CT molecular complexity index is 991. The second-order valence-electron chi connectivity index (χ2n) is 9.07. The van der Waals surface area contributed by atoms with Gasteiger partial charge < -0.3 is 20.7 Å². The lowest BCUT2D eigenvalue weighted by Crippen LogP contribution is -2.36. The van der Waals surface area contributed by atoms with Gasteiger partial charge in [-0.1, -0.05) is 36.8 Å². The number of ether oxygens (including phenoxy) is 1. The summed E-state index contributed by atoms with van der Waals surface area (Å²) in [5.74, 6) is 0.658. The molecule has 3 rings (SSSR count). The number of carbonyl (C=O) groups is 1. The van der Waals surface area contributed by atoms with Crippen LogP contribution in [0.1, 0.15) is 48.8 Å². The van der Waals surface area contributed by atoms with Crippen LogP contribution in [0.15, 0.2) is 54.7 Å². The smallest absolute Gasteiger partial charge is 0.220 e. The van der Waals surface area contributed by atoms with Gasteiger partial charge >= 0.3 is 0 Å². The number of pyridine rings is 1. The number of hydrogen-bond acceptors (Lipinski definition) is 5. The third-order valence-corrected chi connectivity index (χ3v) is 6.42. The second-order valence-corrected chi connectivity index (χ2v) is 9.47. The lowest BCUT2D eigenvalue weighted by molar-refractivity contribution is -0.120. The predicted octanol–water partition coefficient (Wildman–Crippen LogP) is 3.87. The van der Waals surface area contributed by atoms with Gasteiger partial charge in [-0.3, -0.25) is 9.69 Å². The Kier molecular flexibility index (Phi) is 12.2. The average molecular weight is 510 g/mol. The molecule has 0 radical (unpaired) electrons. The molecule has 0 saturated carbocycles. The predicted molar refractivity (Wildman–Crippen MR) is 149 cm³/mol. The number of rotatable bonds is 13. The van der Waals surface area contributed by atoms with Gasteiger partial charge in [0.2, 0.25) is 11.8 Å². The molecule has 2 heterocycles. The van der Waals surface area contributed by atoms with Crippen molar-refractivity contribution in [3.8, 4) is 5.88 Å². The summed E-state index contributed by atoms with van der Waals surface area (Å²) in [4.78, 5) is 18.8. The van der Waals surface area contributed by atoms with E-state index in [2.05, 4.69) is 51.0 Å². The molecule has 1 aliphatic rings. The Labute approximate surface area is 220 Å². The van der Waals surface area contributed by atoms with Gasteiger partial charge in [0.1, 0.15) is 6.61 Å². The Hall–Kier alpha value is -2.97. The normalized spacial score (nSPS) is 13.9. The van der Waals surface area contributed by atoms with Gasteiger partial charge in [-0.2, -0.15) is 0 Å². The number of nitrogens with zero attached hydrogens (tertiary/aromatic N) is 2. The molecule has 0 atom stereocenters. The molecule has 1 fully saturated rings. The van der Waals surface area contributed by atoms with Crippen LogP contribution in [0, 0.1) is 6.92 Å². The lowest BCUT2D eigenvalue weighted by atomic mass is 10.1. The highest BCUT2D eigenvalue weighted by Crippen LogP contribution is 2.15. The number of aryl methyl sites for hydroxylation is 1. The minimum atomic E-state index is 0.0215. The van der Waals surface area contributed by atoms with E-state index >= 15 is 0 Å². The topological polar surface area (TPSA) is 78.5 Å². The van der Waals surface area contributed by atoms with Gasteiger partial charge in [-0.25, -0.2) is 4.98 Å². The van der Waals surface area contributed by atoms with E-state index < -0.39 is 0 Å². The van der Waals surface area contributed by atoms with E-state index in [9.17, 15) is 4.79 Å². The summed E-state index contributed by atoms with van der Waals surface area (Å²) >= 11 is 5.31. The van der Waals surface area contributed by atoms with Crippen molar-refractivity contribution in [2.24, 2.45) is 0 Å². The van der Waals surface area contributed by atoms with Crippen LogP contribution >= 0.6 is 12.2 Å². The number of piperidine rings is 1. The van der Waals surface area contributed by atoms with Crippen molar-refractivity contribution in [2.45, 2.75) is 52.1 Å². The van der Waals surface area contributed by atoms with Crippen molar-refractivity contribution in [3.63, 3.8) is 0 Å². The van der Waals surface area contributed by atoms with Gasteiger partial charge in [-0.15, -0.1) is 0 Å².